The molecule has 0 radical (unpaired) electrons. The molecule has 0 aliphatic carbocycles. The first-order valence-electron chi connectivity index (χ1n) is 5.14. The van der Waals surface area contributed by atoms with Crippen molar-refractivity contribution in [2.24, 2.45) is 0 Å². The Morgan fingerprint density at radius 2 is 2.31 bits per heavy atom. The number of nitrogens with one attached hydrogen (secondary N) is 1. The number of nitrogens with zero attached hydrogens (tertiary/aromatic N) is 2. The average molecular weight is 217 g/mol. The highest BCUT2D eigenvalue weighted by Gasteiger charge is 2.29. The van der Waals surface area contributed by atoms with Crippen LogP contribution < -0.4 is 0 Å². The van der Waals surface area contributed by atoms with Gasteiger partial charge in [0.05, 0.1) is 23.5 Å². The van der Waals surface area contributed by atoms with Crippen LogP contribution in [0.1, 0.15) is 10.4 Å². The summed E-state index contributed by atoms with van der Waals surface area (Å²) in [6.45, 7) is 0.861. The Kier molecular flexibility index (Phi) is 1.94. The van der Waals surface area contributed by atoms with Crippen molar-refractivity contribution in [1.29, 1.82) is 0 Å². The quantitative estimate of drug-likeness (QED) is 0.725. The molecule has 0 saturated carbocycles. The SMILES string of the molecule is O=C(c1ccc2nc[nH]c2c1)N1CC(O)C1. The molecule has 0 bridgehead atoms. The fourth-order valence-corrected chi connectivity index (χ4v) is 1.87. The Bertz CT molecular complexity index is 543. The first-order valence-corrected chi connectivity index (χ1v) is 5.14. The number of fused-ring (bicyclic) bond motifs is 1. The van der Waals surface area contributed by atoms with E-state index in [-0.39, 0.29) is 12.0 Å². The van der Waals surface area contributed by atoms with E-state index in [2.05, 4.69) is 9.97 Å². The number of H-pyrrole nitrogens is 1. The summed E-state index contributed by atoms with van der Waals surface area (Å²) in [5.41, 5.74) is 2.33. The van der Waals surface area contributed by atoms with Gasteiger partial charge in [0.15, 0.2) is 0 Å². The van der Waals surface area contributed by atoms with Gasteiger partial charge in [-0.3, -0.25) is 4.79 Å². The van der Waals surface area contributed by atoms with E-state index in [1.165, 1.54) is 0 Å². The molecule has 3 rings (SSSR count). The summed E-state index contributed by atoms with van der Waals surface area (Å²) in [5.74, 6) is -0.0400. The van der Waals surface area contributed by atoms with Crippen LogP contribution in [-0.2, 0) is 0 Å². The minimum absolute atomic E-state index is 0.0400. The van der Waals surface area contributed by atoms with Crippen LogP contribution in [0, 0.1) is 0 Å². The highest BCUT2D eigenvalue weighted by Crippen LogP contribution is 2.16. The van der Waals surface area contributed by atoms with Gasteiger partial charge < -0.3 is 15.0 Å². The van der Waals surface area contributed by atoms with Crippen molar-refractivity contribution >= 4 is 16.9 Å². The number of carbonyl (C=O) groups excluding carboxylic acids is 1. The molecule has 1 fully saturated rings. The Balaban J connectivity index is 1.90. The van der Waals surface area contributed by atoms with Crippen molar-refractivity contribution in [3.8, 4) is 0 Å². The van der Waals surface area contributed by atoms with Crippen LogP contribution in [0.25, 0.3) is 11.0 Å². The van der Waals surface area contributed by atoms with E-state index in [9.17, 15) is 4.79 Å². The Morgan fingerprint density at radius 1 is 1.50 bits per heavy atom. The van der Waals surface area contributed by atoms with Crippen molar-refractivity contribution in [3.05, 3.63) is 30.1 Å². The first kappa shape index (κ1) is 9.35. The second-order valence-corrected chi connectivity index (χ2v) is 4.00. The Morgan fingerprint density at radius 3 is 3.06 bits per heavy atom. The van der Waals surface area contributed by atoms with E-state index in [4.69, 9.17) is 5.11 Å². The molecule has 16 heavy (non-hydrogen) atoms. The van der Waals surface area contributed by atoms with Crippen LogP contribution in [-0.4, -0.2) is 45.1 Å². The number of aromatic nitrogens is 2. The zero-order valence-corrected chi connectivity index (χ0v) is 8.55. The van der Waals surface area contributed by atoms with Gasteiger partial charge in [0.1, 0.15) is 0 Å². The Labute approximate surface area is 91.7 Å². The number of imidazole rings is 1. The summed E-state index contributed by atoms with van der Waals surface area (Å²) in [4.78, 5) is 20.6. The van der Waals surface area contributed by atoms with E-state index >= 15 is 0 Å². The van der Waals surface area contributed by atoms with Crippen LogP contribution in [0.4, 0.5) is 0 Å². The molecule has 0 atom stereocenters. The van der Waals surface area contributed by atoms with Crippen molar-refractivity contribution < 1.29 is 9.90 Å². The third-order valence-corrected chi connectivity index (χ3v) is 2.82. The lowest BCUT2D eigenvalue weighted by Crippen LogP contribution is -2.53. The molecule has 1 amide bonds. The number of carbonyl (C=O) groups is 1. The fraction of sp³-hybridized carbons (Fsp3) is 0.273. The zero-order valence-electron chi connectivity index (χ0n) is 8.55. The molecule has 0 unspecified atom stereocenters. The van der Waals surface area contributed by atoms with E-state index in [1.54, 1.807) is 23.4 Å². The van der Waals surface area contributed by atoms with E-state index in [1.807, 2.05) is 6.07 Å². The number of rotatable bonds is 1. The second-order valence-electron chi connectivity index (χ2n) is 4.00. The van der Waals surface area contributed by atoms with Crippen molar-refractivity contribution in [2.45, 2.75) is 6.10 Å². The van der Waals surface area contributed by atoms with Gasteiger partial charge in [-0.25, -0.2) is 4.98 Å². The summed E-state index contributed by atoms with van der Waals surface area (Å²) in [5, 5.41) is 9.14. The van der Waals surface area contributed by atoms with Gasteiger partial charge in [-0.15, -0.1) is 0 Å². The number of hydrogen-bond acceptors (Lipinski definition) is 3. The second kappa shape index (κ2) is 3.31. The lowest BCUT2D eigenvalue weighted by atomic mass is 10.1. The van der Waals surface area contributed by atoms with Crippen LogP contribution in [0.2, 0.25) is 0 Å². The molecule has 0 spiro atoms. The van der Waals surface area contributed by atoms with Gasteiger partial charge in [-0.1, -0.05) is 0 Å². The molecule has 1 aliphatic heterocycles. The maximum absolute atomic E-state index is 11.9. The van der Waals surface area contributed by atoms with Crippen molar-refractivity contribution in [2.75, 3.05) is 13.1 Å². The Hall–Kier alpha value is -1.88. The van der Waals surface area contributed by atoms with Crippen LogP contribution in [0.15, 0.2) is 24.5 Å². The molecule has 2 heterocycles. The summed E-state index contributed by atoms with van der Waals surface area (Å²) in [6.07, 6.45) is 1.24. The topological polar surface area (TPSA) is 69.2 Å². The predicted octanol–water partition coefficient (Wildman–Crippen LogP) is 0.380. The van der Waals surface area contributed by atoms with E-state index < -0.39 is 0 Å². The molecular weight excluding hydrogens is 206 g/mol. The molecule has 1 aliphatic rings. The highest BCUT2D eigenvalue weighted by molar-refractivity contribution is 5.97. The third kappa shape index (κ3) is 1.37. The largest absolute Gasteiger partial charge is 0.389 e. The van der Waals surface area contributed by atoms with E-state index in [0.29, 0.717) is 18.7 Å². The molecule has 5 heteroatoms. The number of aliphatic hydroxyl groups is 1. The number of amides is 1. The van der Waals surface area contributed by atoms with Gasteiger partial charge in [0.2, 0.25) is 0 Å². The number of β-amino-alcohol motifs (C(OH)–C–C–N with tert-alkyl or cyclic N) is 1. The molecular formula is C11H11N3O2. The summed E-state index contributed by atoms with van der Waals surface area (Å²) in [6, 6.07) is 5.36. The molecule has 2 aromatic rings. The number of hydrogen-bond donors (Lipinski definition) is 2. The standard InChI is InChI=1S/C11H11N3O2/c15-8-4-14(5-8)11(16)7-1-2-9-10(3-7)13-6-12-9/h1-3,6,8,15H,4-5H2,(H,12,13). The van der Waals surface area contributed by atoms with E-state index in [0.717, 1.165) is 11.0 Å². The molecule has 1 saturated heterocycles. The average Bonchev–Trinajstić information content (AvgIpc) is 2.70. The van der Waals surface area contributed by atoms with Gasteiger partial charge >= 0.3 is 0 Å². The van der Waals surface area contributed by atoms with Gasteiger partial charge in [0.25, 0.3) is 5.91 Å². The van der Waals surface area contributed by atoms with Crippen molar-refractivity contribution in [1.82, 2.24) is 14.9 Å². The summed E-state index contributed by atoms with van der Waals surface area (Å²) < 4.78 is 0. The lowest BCUT2D eigenvalue weighted by Gasteiger charge is -2.35. The summed E-state index contributed by atoms with van der Waals surface area (Å²) >= 11 is 0. The molecule has 1 aromatic heterocycles. The third-order valence-electron chi connectivity index (χ3n) is 2.82. The highest BCUT2D eigenvalue weighted by atomic mass is 16.3. The predicted molar refractivity (Wildman–Crippen MR) is 58.0 cm³/mol. The number of likely N-dealkylation sites (tertiary alicyclic amines) is 1. The summed E-state index contributed by atoms with van der Waals surface area (Å²) in [7, 11) is 0. The maximum atomic E-state index is 11.9. The smallest absolute Gasteiger partial charge is 0.254 e. The number of aromatic amines is 1. The van der Waals surface area contributed by atoms with Gasteiger partial charge in [0, 0.05) is 18.7 Å². The zero-order chi connectivity index (χ0) is 11.1. The molecule has 82 valence electrons. The van der Waals surface area contributed by atoms with Gasteiger partial charge in [-0.2, -0.15) is 0 Å². The maximum Gasteiger partial charge on any atom is 0.254 e. The van der Waals surface area contributed by atoms with Crippen LogP contribution in [0.3, 0.4) is 0 Å². The molecule has 1 aromatic carbocycles. The molecule has 5 nitrogen and oxygen atoms in total. The minimum atomic E-state index is -0.361. The fourth-order valence-electron chi connectivity index (χ4n) is 1.87. The normalized spacial score (nSPS) is 16.4. The monoisotopic (exact) mass is 217 g/mol. The van der Waals surface area contributed by atoms with Crippen LogP contribution >= 0.6 is 0 Å². The molecule has 2 N–H and O–H groups in total. The lowest BCUT2D eigenvalue weighted by molar-refractivity contribution is 0.00590. The number of benzene rings is 1. The number of aliphatic hydroxyl groups excluding tert-OH is 1. The van der Waals surface area contributed by atoms with Gasteiger partial charge in [-0.05, 0) is 18.2 Å². The minimum Gasteiger partial charge on any atom is -0.389 e. The first-order chi connectivity index (χ1) is 7.74. The van der Waals surface area contributed by atoms with Crippen LogP contribution in [0.5, 0.6) is 0 Å². The van der Waals surface area contributed by atoms with Crippen molar-refractivity contribution in [3.63, 3.8) is 0 Å².